The van der Waals surface area contributed by atoms with Gasteiger partial charge in [-0.15, -0.1) is 11.3 Å². The number of fused-ring (bicyclic) bond motifs is 1. The van der Waals surface area contributed by atoms with E-state index in [0.29, 0.717) is 6.04 Å². The second-order valence-corrected chi connectivity index (χ2v) is 7.38. The molecule has 1 unspecified atom stereocenters. The number of amides is 2. The maximum absolute atomic E-state index is 11.6. The molecule has 2 aliphatic heterocycles. The number of rotatable bonds is 3. The highest BCUT2D eigenvalue weighted by molar-refractivity contribution is 7.15. The van der Waals surface area contributed by atoms with Crippen LogP contribution in [0.15, 0.2) is 30.5 Å². The Morgan fingerprint density at radius 2 is 2.13 bits per heavy atom. The van der Waals surface area contributed by atoms with Crippen LogP contribution in [0, 0.1) is 6.92 Å². The summed E-state index contributed by atoms with van der Waals surface area (Å²) < 4.78 is 0. The predicted molar refractivity (Wildman–Crippen MR) is 91.5 cm³/mol. The zero-order valence-corrected chi connectivity index (χ0v) is 14.0. The first kappa shape index (κ1) is 14.7. The lowest BCUT2D eigenvalue weighted by atomic mass is 10.2. The number of aryl methyl sites for hydroxylation is 1. The van der Waals surface area contributed by atoms with Crippen molar-refractivity contribution in [3.8, 4) is 10.6 Å². The SMILES string of the molecule is Cc1ccc(-c2ncc(CN3CCN4C(=O)NCC4C3)s2)cc1. The summed E-state index contributed by atoms with van der Waals surface area (Å²) in [5, 5.41) is 4.01. The van der Waals surface area contributed by atoms with Gasteiger partial charge in [0.2, 0.25) is 0 Å². The van der Waals surface area contributed by atoms with Crippen molar-refractivity contribution in [2.24, 2.45) is 0 Å². The summed E-state index contributed by atoms with van der Waals surface area (Å²) in [4.78, 5) is 21.9. The van der Waals surface area contributed by atoms with Crippen LogP contribution in [0.4, 0.5) is 4.79 Å². The number of benzene rings is 1. The van der Waals surface area contributed by atoms with Gasteiger partial charge in [-0.3, -0.25) is 4.90 Å². The van der Waals surface area contributed by atoms with Crippen LogP contribution < -0.4 is 5.32 Å². The number of nitrogens with zero attached hydrogens (tertiary/aromatic N) is 3. The van der Waals surface area contributed by atoms with Gasteiger partial charge in [-0.2, -0.15) is 0 Å². The molecule has 3 heterocycles. The van der Waals surface area contributed by atoms with E-state index in [0.717, 1.165) is 37.7 Å². The van der Waals surface area contributed by atoms with Gasteiger partial charge in [0.05, 0.1) is 6.04 Å². The van der Waals surface area contributed by atoms with Crippen molar-refractivity contribution in [1.29, 1.82) is 0 Å². The molecule has 0 radical (unpaired) electrons. The van der Waals surface area contributed by atoms with Gasteiger partial charge in [-0.05, 0) is 6.92 Å². The number of piperazine rings is 1. The Morgan fingerprint density at radius 1 is 1.30 bits per heavy atom. The van der Waals surface area contributed by atoms with E-state index in [4.69, 9.17) is 0 Å². The van der Waals surface area contributed by atoms with Crippen molar-refractivity contribution in [1.82, 2.24) is 20.1 Å². The van der Waals surface area contributed by atoms with E-state index >= 15 is 0 Å². The van der Waals surface area contributed by atoms with Crippen LogP contribution in [-0.4, -0.2) is 53.0 Å². The average molecular weight is 328 g/mol. The lowest BCUT2D eigenvalue weighted by Gasteiger charge is -2.36. The molecule has 2 aliphatic rings. The van der Waals surface area contributed by atoms with Gasteiger partial charge in [0, 0.05) is 49.4 Å². The lowest BCUT2D eigenvalue weighted by molar-refractivity contribution is 0.117. The van der Waals surface area contributed by atoms with E-state index in [-0.39, 0.29) is 6.03 Å². The minimum atomic E-state index is 0.0918. The van der Waals surface area contributed by atoms with Crippen molar-refractivity contribution in [2.75, 3.05) is 26.2 Å². The Hall–Kier alpha value is -1.92. The van der Waals surface area contributed by atoms with Gasteiger partial charge in [-0.1, -0.05) is 29.8 Å². The monoisotopic (exact) mass is 328 g/mol. The van der Waals surface area contributed by atoms with Crippen molar-refractivity contribution < 1.29 is 4.79 Å². The van der Waals surface area contributed by atoms with Crippen LogP contribution in [0.3, 0.4) is 0 Å². The average Bonchev–Trinajstić information content (AvgIpc) is 3.16. The van der Waals surface area contributed by atoms with Gasteiger partial charge in [-0.25, -0.2) is 9.78 Å². The molecule has 4 rings (SSSR count). The fourth-order valence-corrected chi connectivity index (χ4v) is 4.20. The molecule has 5 nitrogen and oxygen atoms in total. The van der Waals surface area contributed by atoms with Crippen LogP contribution in [0.2, 0.25) is 0 Å². The number of hydrogen-bond acceptors (Lipinski definition) is 4. The first-order valence-electron chi connectivity index (χ1n) is 7.97. The highest BCUT2D eigenvalue weighted by Crippen LogP contribution is 2.27. The molecule has 1 aromatic carbocycles. The topological polar surface area (TPSA) is 48.5 Å². The van der Waals surface area contributed by atoms with Gasteiger partial charge in [0.25, 0.3) is 0 Å². The van der Waals surface area contributed by atoms with E-state index < -0.39 is 0 Å². The van der Waals surface area contributed by atoms with Crippen LogP contribution in [0.25, 0.3) is 10.6 Å². The standard InChI is InChI=1S/C17H20N4OS/c1-12-2-4-13(5-3-12)16-18-9-15(23-16)11-20-6-7-21-14(10-20)8-19-17(21)22/h2-5,9,14H,6-8,10-11H2,1H3,(H,19,22). The third-order valence-electron chi connectivity index (χ3n) is 4.55. The largest absolute Gasteiger partial charge is 0.336 e. The molecule has 2 saturated heterocycles. The minimum Gasteiger partial charge on any atom is -0.336 e. The molecule has 0 saturated carbocycles. The number of urea groups is 1. The second-order valence-electron chi connectivity index (χ2n) is 6.27. The smallest absolute Gasteiger partial charge is 0.317 e. The number of carbonyl (C=O) groups is 1. The predicted octanol–water partition coefficient (Wildman–Crippen LogP) is 2.33. The van der Waals surface area contributed by atoms with Crippen LogP contribution in [-0.2, 0) is 6.54 Å². The van der Waals surface area contributed by atoms with Crippen molar-refractivity contribution in [3.05, 3.63) is 40.9 Å². The summed E-state index contributed by atoms with van der Waals surface area (Å²) in [6, 6.07) is 8.92. The number of hydrogen-bond donors (Lipinski definition) is 1. The van der Waals surface area contributed by atoms with Gasteiger partial charge in [0.15, 0.2) is 0 Å². The Kier molecular flexibility index (Phi) is 3.79. The Labute approximate surface area is 139 Å². The second kappa shape index (κ2) is 5.94. The molecule has 0 bridgehead atoms. The molecule has 120 valence electrons. The highest BCUT2D eigenvalue weighted by atomic mass is 32.1. The molecule has 1 N–H and O–H groups in total. The normalized spacial score (nSPS) is 21.3. The molecule has 0 spiro atoms. The van der Waals surface area contributed by atoms with E-state index in [1.807, 2.05) is 11.1 Å². The Bertz CT molecular complexity index is 712. The summed E-state index contributed by atoms with van der Waals surface area (Å²) in [6.07, 6.45) is 1.99. The van der Waals surface area contributed by atoms with Gasteiger partial charge in [0.1, 0.15) is 5.01 Å². The first-order valence-corrected chi connectivity index (χ1v) is 8.79. The van der Waals surface area contributed by atoms with Crippen LogP contribution >= 0.6 is 11.3 Å². The zero-order chi connectivity index (χ0) is 15.8. The molecule has 2 amide bonds. The maximum atomic E-state index is 11.6. The Balaban J connectivity index is 1.42. The fourth-order valence-electron chi connectivity index (χ4n) is 3.24. The molecule has 6 heteroatoms. The summed E-state index contributed by atoms with van der Waals surface area (Å²) >= 11 is 1.76. The summed E-state index contributed by atoms with van der Waals surface area (Å²) in [5.74, 6) is 0. The van der Waals surface area contributed by atoms with Crippen LogP contribution in [0.1, 0.15) is 10.4 Å². The van der Waals surface area contributed by atoms with E-state index in [1.54, 1.807) is 11.3 Å². The quantitative estimate of drug-likeness (QED) is 0.941. The third kappa shape index (κ3) is 2.96. The molecule has 2 fully saturated rings. The number of aromatic nitrogens is 1. The minimum absolute atomic E-state index is 0.0918. The molecule has 1 atom stereocenters. The molecule has 0 aliphatic carbocycles. The number of carbonyl (C=O) groups excluding carboxylic acids is 1. The zero-order valence-electron chi connectivity index (χ0n) is 13.2. The third-order valence-corrected chi connectivity index (χ3v) is 5.58. The maximum Gasteiger partial charge on any atom is 0.317 e. The van der Waals surface area contributed by atoms with Gasteiger partial charge < -0.3 is 10.2 Å². The molecule has 23 heavy (non-hydrogen) atoms. The number of nitrogens with one attached hydrogen (secondary N) is 1. The molecule has 2 aromatic rings. The van der Waals surface area contributed by atoms with Crippen molar-refractivity contribution >= 4 is 17.4 Å². The van der Waals surface area contributed by atoms with Crippen molar-refractivity contribution in [2.45, 2.75) is 19.5 Å². The lowest BCUT2D eigenvalue weighted by Crippen LogP contribution is -2.51. The van der Waals surface area contributed by atoms with Gasteiger partial charge >= 0.3 is 6.03 Å². The van der Waals surface area contributed by atoms with E-state index in [2.05, 4.69) is 46.4 Å². The highest BCUT2D eigenvalue weighted by Gasteiger charge is 2.35. The van der Waals surface area contributed by atoms with Crippen LogP contribution in [0.5, 0.6) is 0 Å². The summed E-state index contributed by atoms with van der Waals surface area (Å²) in [7, 11) is 0. The Morgan fingerprint density at radius 3 is 2.96 bits per heavy atom. The molecule has 1 aromatic heterocycles. The molecular formula is C17H20N4OS. The first-order chi connectivity index (χ1) is 11.2. The van der Waals surface area contributed by atoms with E-state index in [9.17, 15) is 4.79 Å². The van der Waals surface area contributed by atoms with E-state index in [1.165, 1.54) is 16.0 Å². The fraction of sp³-hybridized carbons (Fsp3) is 0.412. The summed E-state index contributed by atoms with van der Waals surface area (Å²) in [5.41, 5.74) is 2.45. The van der Waals surface area contributed by atoms with Crippen molar-refractivity contribution in [3.63, 3.8) is 0 Å². The summed E-state index contributed by atoms with van der Waals surface area (Å²) in [6.45, 7) is 6.48. The number of thiazole rings is 1. The molecular weight excluding hydrogens is 308 g/mol.